The maximum atomic E-state index is 11.7. The largest absolute Gasteiger partial charge is 0.288 e. The minimum atomic E-state index is 0.0828. The third kappa shape index (κ3) is 3.46. The highest BCUT2D eigenvalue weighted by molar-refractivity contribution is 9.11. The van der Waals surface area contributed by atoms with Gasteiger partial charge in [0, 0.05) is 10.3 Å². The van der Waals surface area contributed by atoms with Gasteiger partial charge in [-0.1, -0.05) is 0 Å². The van der Waals surface area contributed by atoms with Gasteiger partial charge in [-0.05, 0) is 40.6 Å². The zero-order chi connectivity index (χ0) is 10.6. The van der Waals surface area contributed by atoms with Gasteiger partial charge in [-0.3, -0.25) is 4.79 Å². The normalized spacial score (nSPS) is 9.93. The fraction of sp³-hybridized carbons (Fsp3) is 0.222. The van der Waals surface area contributed by atoms with Crippen LogP contribution in [0.5, 0.6) is 0 Å². The third-order valence-electron chi connectivity index (χ3n) is 1.47. The Bertz CT molecular complexity index is 351. The van der Waals surface area contributed by atoms with E-state index in [9.17, 15) is 4.79 Å². The summed E-state index contributed by atoms with van der Waals surface area (Å²) in [5.41, 5.74) is 0. The first kappa shape index (κ1) is 12.4. The van der Waals surface area contributed by atoms with E-state index in [1.807, 2.05) is 24.6 Å². The predicted octanol–water partition coefficient (Wildman–Crippen LogP) is 4.26. The van der Waals surface area contributed by atoms with E-state index >= 15 is 0 Å². The second kappa shape index (κ2) is 6.00. The van der Waals surface area contributed by atoms with Crippen molar-refractivity contribution >= 4 is 56.6 Å². The van der Waals surface area contributed by atoms with Crippen LogP contribution in [0, 0.1) is 0 Å². The Morgan fingerprint density at radius 2 is 2.07 bits per heavy atom. The van der Waals surface area contributed by atoms with Crippen molar-refractivity contribution in [2.45, 2.75) is 0 Å². The molecule has 0 aliphatic heterocycles. The van der Waals surface area contributed by atoms with Gasteiger partial charge in [-0.25, -0.2) is 0 Å². The van der Waals surface area contributed by atoms with Crippen molar-refractivity contribution in [3.8, 4) is 0 Å². The molecule has 0 atom stereocenters. The molecule has 0 bridgehead atoms. The summed E-state index contributed by atoms with van der Waals surface area (Å²) in [7, 11) is 0. The van der Waals surface area contributed by atoms with Crippen LogP contribution in [0.25, 0.3) is 0 Å². The Morgan fingerprint density at radius 3 is 2.50 bits per heavy atom. The van der Waals surface area contributed by atoms with E-state index < -0.39 is 0 Å². The quantitative estimate of drug-likeness (QED) is 0.611. The molecule has 0 amide bonds. The number of allylic oxidation sites excluding steroid dienone is 1. The highest BCUT2D eigenvalue weighted by Gasteiger charge is 2.06. The van der Waals surface area contributed by atoms with Crippen molar-refractivity contribution in [2.24, 2.45) is 0 Å². The molecule has 0 saturated heterocycles. The van der Waals surface area contributed by atoms with Crippen LogP contribution in [0.3, 0.4) is 0 Å². The Hall–Kier alpha value is 0.290. The van der Waals surface area contributed by atoms with E-state index in [1.54, 1.807) is 29.6 Å². The van der Waals surface area contributed by atoms with E-state index in [-0.39, 0.29) is 5.78 Å². The topological polar surface area (TPSA) is 17.1 Å². The first-order valence-electron chi connectivity index (χ1n) is 3.76. The number of thiophene rings is 1. The van der Waals surface area contributed by atoms with Crippen molar-refractivity contribution in [1.29, 1.82) is 0 Å². The first-order valence-corrected chi connectivity index (χ1v) is 7.82. The van der Waals surface area contributed by atoms with Gasteiger partial charge in [0.05, 0.1) is 8.66 Å². The SMILES string of the molecule is CSC(=CC(=O)c1ccc(Br)s1)SC. The molecule has 1 aromatic rings. The second-order valence-electron chi connectivity index (χ2n) is 2.34. The van der Waals surface area contributed by atoms with E-state index in [0.29, 0.717) is 0 Å². The average Bonchev–Trinajstić information content (AvgIpc) is 2.61. The minimum Gasteiger partial charge on any atom is -0.288 e. The molecule has 0 saturated carbocycles. The monoisotopic (exact) mass is 308 g/mol. The number of hydrogen-bond acceptors (Lipinski definition) is 4. The highest BCUT2D eigenvalue weighted by atomic mass is 79.9. The van der Waals surface area contributed by atoms with Crippen LogP contribution in [0.1, 0.15) is 9.67 Å². The number of carbonyl (C=O) groups is 1. The lowest BCUT2D eigenvalue weighted by Crippen LogP contribution is -1.89. The highest BCUT2D eigenvalue weighted by Crippen LogP contribution is 2.27. The first-order chi connectivity index (χ1) is 6.67. The molecular formula is C9H9BrOS3. The summed E-state index contributed by atoms with van der Waals surface area (Å²) in [6.07, 6.45) is 5.63. The lowest BCUT2D eigenvalue weighted by atomic mass is 10.3. The molecule has 1 rings (SSSR count). The molecule has 1 nitrogen and oxygen atoms in total. The van der Waals surface area contributed by atoms with E-state index in [2.05, 4.69) is 15.9 Å². The summed E-state index contributed by atoms with van der Waals surface area (Å²) >= 11 is 7.99. The zero-order valence-corrected chi connectivity index (χ0v) is 11.8. The van der Waals surface area contributed by atoms with Gasteiger partial charge in [-0.2, -0.15) is 0 Å². The Morgan fingerprint density at radius 1 is 1.43 bits per heavy atom. The molecular weight excluding hydrogens is 300 g/mol. The summed E-state index contributed by atoms with van der Waals surface area (Å²) in [5, 5.41) is 0. The third-order valence-corrected chi connectivity index (χ3v) is 5.15. The number of rotatable bonds is 4. The van der Waals surface area contributed by atoms with Crippen LogP contribution >= 0.6 is 50.8 Å². The molecule has 0 radical (unpaired) electrons. The number of halogens is 1. The molecule has 76 valence electrons. The Balaban J connectivity index is 2.81. The molecule has 1 heterocycles. The van der Waals surface area contributed by atoms with Crippen LogP contribution in [0.2, 0.25) is 0 Å². The fourth-order valence-electron chi connectivity index (χ4n) is 0.826. The van der Waals surface area contributed by atoms with E-state index in [1.165, 1.54) is 11.3 Å². The fourth-order valence-corrected chi connectivity index (χ4v) is 3.24. The summed E-state index contributed by atoms with van der Waals surface area (Å²) in [4.78, 5) is 12.4. The van der Waals surface area contributed by atoms with Crippen LogP contribution in [0.4, 0.5) is 0 Å². The van der Waals surface area contributed by atoms with Crippen LogP contribution in [0.15, 0.2) is 26.2 Å². The Kier molecular flexibility index (Phi) is 5.30. The summed E-state index contributed by atoms with van der Waals surface area (Å²) in [6, 6.07) is 3.73. The van der Waals surface area contributed by atoms with Gasteiger partial charge in [0.1, 0.15) is 0 Å². The van der Waals surface area contributed by atoms with Gasteiger partial charge in [0.2, 0.25) is 0 Å². The molecule has 0 aliphatic carbocycles. The van der Waals surface area contributed by atoms with Crippen LogP contribution < -0.4 is 0 Å². The predicted molar refractivity (Wildman–Crippen MR) is 71.5 cm³/mol. The standard InChI is InChI=1S/C9H9BrOS3/c1-12-9(13-2)5-6(11)7-3-4-8(10)14-7/h3-5H,1-2H3. The lowest BCUT2D eigenvalue weighted by molar-refractivity contribution is 0.105. The number of thioether (sulfide) groups is 2. The molecule has 0 aromatic carbocycles. The maximum absolute atomic E-state index is 11.7. The van der Waals surface area contributed by atoms with E-state index in [0.717, 1.165) is 12.9 Å². The molecule has 14 heavy (non-hydrogen) atoms. The summed E-state index contributed by atoms with van der Waals surface area (Å²) in [5.74, 6) is 0.0828. The summed E-state index contributed by atoms with van der Waals surface area (Å²) in [6.45, 7) is 0. The van der Waals surface area contributed by atoms with Crippen molar-refractivity contribution in [3.05, 3.63) is 31.1 Å². The van der Waals surface area contributed by atoms with Crippen molar-refractivity contribution in [2.75, 3.05) is 12.5 Å². The van der Waals surface area contributed by atoms with Crippen LogP contribution in [-0.4, -0.2) is 18.3 Å². The van der Waals surface area contributed by atoms with E-state index in [4.69, 9.17) is 0 Å². The smallest absolute Gasteiger partial charge is 0.197 e. The molecule has 0 aliphatic rings. The van der Waals surface area contributed by atoms with Gasteiger partial charge >= 0.3 is 0 Å². The minimum absolute atomic E-state index is 0.0828. The zero-order valence-electron chi connectivity index (χ0n) is 7.74. The van der Waals surface area contributed by atoms with Gasteiger partial charge in [0.15, 0.2) is 5.78 Å². The summed E-state index contributed by atoms with van der Waals surface area (Å²) < 4.78 is 2.03. The van der Waals surface area contributed by atoms with Crippen LogP contribution in [-0.2, 0) is 0 Å². The average molecular weight is 309 g/mol. The Labute approximate surface area is 104 Å². The number of carbonyl (C=O) groups excluding carboxylic acids is 1. The molecule has 0 N–H and O–H groups in total. The van der Waals surface area contributed by atoms with Gasteiger partial charge in [0.25, 0.3) is 0 Å². The molecule has 0 fully saturated rings. The van der Waals surface area contributed by atoms with Crippen molar-refractivity contribution < 1.29 is 4.79 Å². The van der Waals surface area contributed by atoms with Crippen molar-refractivity contribution in [1.82, 2.24) is 0 Å². The number of ketones is 1. The molecule has 5 heteroatoms. The second-order valence-corrected chi connectivity index (χ2v) is 6.76. The van der Waals surface area contributed by atoms with Gasteiger partial charge in [-0.15, -0.1) is 34.9 Å². The molecule has 1 aromatic heterocycles. The number of hydrogen-bond donors (Lipinski definition) is 0. The van der Waals surface area contributed by atoms with Crippen molar-refractivity contribution in [3.63, 3.8) is 0 Å². The molecule has 0 unspecified atom stereocenters. The maximum Gasteiger partial charge on any atom is 0.197 e. The molecule has 0 spiro atoms. The van der Waals surface area contributed by atoms with Gasteiger partial charge < -0.3 is 0 Å². The lowest BCUT2D eigenvalue weighted by Gasteiger charge is -1.96.